The molecular formula is C18H12F3N3O6. The molecule has 0 aliphatic heterocycles. The Balaban J connectivity index is 1.54. The molecule has 2 aromatic carbocycles. The van der Waals surface area contributed by atoms with Crippen LogP contribution in [-0.4, -0.2) is 27.6 Å². The van der Waals surface area contributed by atoms with Gasteiger partial charge in [-0.25, -0.2) is 4.79 Å². The second kappa shape index (κ2) is 8.59. The van der Waals surface area contributed by atoms with Crippen molar-refractivity contribution in [1.29, 1.82) is 0 Å². The minimum absolute atomic E-state index is 0.0194. The van der Waals surface area contributed by atoms with Gasteiger partial charge in [0, 0.05) is 11.6 Å². The van der Waals surface area contributed by atoms with Crippen LogP contribution in [0.25, 0.3) is 11.4 Å². The predicted octanol–water partition coefficient (Wildman–Crippen LogP) is 3.79. The van der Waals surface area contributed by atoms with E-state index in [4.69, 9.17) is 14.0 Å². The number of nitro benzene ring substituents is 1. The molecule has 3 aromatic rings. The van der Waals surface area contributed by atoms with Gasteiger partial charge in [-0.3, -0.25) is 10.1 Å². The van der Waals surface area contributed by atoms with Crippen LogP contribution in [0.5, 0.6) is 5.75 Å². The SMILES string of the molecule is O=C(COc1ccccc1[N+](=O)[O-])OCc1nc(-c2ccc(C(F)(F)F)cc2)no1. The van der Waals surface area contributed by atoms with Gasteiger partial charge in [0.25, 0.3) is 5.89 Å². The fourth-order valence-corrected chi connectivity index (χ4v) is 2.29. The van der Waals surface area contributed by atoms with E-state index in [-0.39, 0.29) is 28.7 Å². The number of carbonyl (C=O) groups excluding carboxylic acids is 1. The summed E-state index contributed by atoms with van der Waals surface area (Å²) in [6.45, 7) is -1.00. The third-order valence-corrected chi connectivity index (χ3v) is 3.70. The summed E-state index contributed by atoms with van der Waals surface area (Å²) >= 11 is 0. The highest BCUT2D eigenvalue weighted by atomic mass is 19.4. The van der Waals surface area contributed by atoms with Gasteiger partial charge in [0.05, 0.1) is 10.5 Å². The number of hydrogen-bond acceptors (Lipinski definition) is 8. The summed E-state index contributed by atoms with van der Waals surface area (Å²) in [7, 11) is 0. The number of aromatic nitrogens is 2. The van der Waals surface area contributed by atoms with Crippen molar-refractivity contribution in [3.8, 4) is 17.1 Å². The van der Waals surface area contributed by atoms with Gasteiger partial charge in [0.1, 0.15) is 0 Å². The number of ether oxygens (including phenoxy) is 2. The van der Waals surface area contributed by atoms with Crippen LogP contribution in [-0.2, 0) is 22.3 Å². The summed E-state index contributed by atoms with van der Waals surface area (Å²) in [6.07, 6.45) is -4.46. The first-order valence-corrected chi connectivity index (χ1v) is 8.26. The van der Waals surface area contributed by atoms with Crippen LogP contribution in [0.3, 0.4) is 0 Å². The molecule has 9 nitrogen and oxygen atoms in total. The van der Waals surface area contributed by atoms with E-state index in [1.165, 1.54) is 36.4 Å². The first-order valence-electron chi connectivity index (χ1n) is 8.26. The maximum atomic E-state index is 12.6. The lowest BCUT2D eigenvalue weighted by Gasteiger charge is -2.06. The number of benzene rings is 2. The zero-order valence-corrected chi connectivity index (χ0v) is 15.0. The van der Waals surface area contributed by atoms with E-state index < -0.39 is 35.8 Å². The maximum Gasteiger partial charge on any atom is 0.416 e. The fraction of sp³-hybridized carbons (Fsp3) is 0.167. The van der Waals surface area contributed by atoms with Crippen molar-refractivity contribution < 1.29 is 36.9 Å². The molecule has 0 aliphatic rings. The Labute approximate surface area is 166 Å². The van der Waals surface area contributed by atoms with Gasteiger partial charge >= 0.3 is 17.8 Å². The van der Waals surface area contributed by atoms with Crippen molar-refractivity contribution in [2.75, 3.05) is 6.61 Å². The number of nitro groups is 1. The molecule has 1 aromatic heterocycles. The smallest absolute Gasteiger partial charge is 0.416 e. The zero-order chi connectivity index (χ0) is 21.7. The highest BCUT2D eigenvalue weighted by molar-refractivity contribution is 5.71. The van der Waals surface area contributed by atoms with E-state index in [9.17, 15) is 28.1 Å². The fourth-order valence-electron chi connectivity index (χ4n) is 2.29. The standard InChI is InChI=1S/C18H12F3N3O6/c19-18(20,21)12-7-5-11(6-8-12)17-22-15(30-23-17)9-29-16(25)10-28-14-4-2-1-3-13(14)24(26)27/h1-8H,9-10H2. The third-order valence-electron chi connectivity index (χ3n) is 3.70. The molecule has 156 valence electrons. The molecule has 0 spiro atoms. The van der Waals surface area contributed by atoms with Gasteiger partial charge in [-0.2, -0.15) is 18.2 Å². The summed E-state index contributed by atoms with van der Waals surface area (Å²) in [5, 5.41) is 14.5. The molecule has 0 fully saturated rings. The van der Waals surface area contributed by atoms with Crippen molar-refractivity contribution in [2.24, 2.45) is 0 Å². The molecule has 30 heavy (non-hydrogen) atoms. The summed E-state index contributed by atoms with van der Waals surface area (Å²) in [4.78, 5) is 25.9. The molecule has 0 amide bonds. The Morgan fingerprint density at radius 3 is 2.50 bits per heavy atom. The number of alkyl halides is 3. The van der Waals surface area contributed by atoms with Crippen molar-refractivity contribution in [1.82, 2.24) is 10.1 Å². The quantitative estimate of drug-likeness (QED) is 0.320. The Bertz CT molecular complexity index is 1050. The summed E-state index contributed by atoms with van der Waals surface area (Å²) in [5.41, 5.74) is -0.838. The average molecular weight is 423 g/mol. The van der Waals surface area contributed by atoms with Gasteiger partial charge in [-0.1, -0.05) is 29.4 Å². The molecule has 0 unspecified atom stereocenters. The molecular weight excluding hydrogens is 411 g/mol. The van der Waals surface area contributed by atoms with Crippen LogP contribution < -0.4 is 4.74 Å². The number of rotatable bonds is 7. The van der Waals surface area contributed by atoms with Gasteiger partial charge < -0.3 is 14.0 Å². The van der Waals surface area contributed by atoms with E-state index in [0.29, 0.717) is 0 Å². The lowest BCUT2D eigenvalue weighted by Crippen LogP contribution is -2.15. The van der Waals surface area contributed by atoms with Crippen LogP contribution >= 0.6 is 0 Å². The zero-order valence-electron chi connectivity index (χ0n) is 15.0. The van der Waals surface area contributed by atoms with Crippen molar-refractivity contribution >= 4 is 11.7 Å². The predicted molar refractivity (Wildman–Crippen MR) is 93.1 cm³/mol. The molecule has 3 rings (SSSR count). The van der Waals surface area contributed by atoms with Gasteiger partial charge in [-0.05, 0) is 18.2 Å². The normalized spacial score (nSPS) is 11.2. The maximum absolute atomic E-state index is 12.6. The van der Waals surface area contributed by atoms with E-state index in [0.717, 1.165) is 12.1 Å². The lowest BCUT2D eigenvalue weighted by molar-refractivity contribution is -0.385. The van der Waals surface area contributed by atoms with E-state index in [1.807, 2.05) is 0 Å². The van der Waals surface area contributed by atoms with Crippen LogP contribution in [0.15, 0.2) is 53.1 Å². The second-order valence-corrected chi connectivity index (χ2v) is 5.76. The summed E-state index contributed by atoms with van der Waals surface area (Å²) < 4.78 is 52.6. The monoisotopic (exact) mass is 423 g/mol. The highest BCUT2D eigenvalue weighted by Crippen LogP contribution is 2.30. The molecule has 0 N–H and O–H groups in total. The Morgan fingerprint density at radius 2 is 1.83 bits per heavy atom. The van der Waals surface area contributed by atoms with Crippen molar-refractivity contribution in [2.45, 2.75) is 12.8 Å². The first-order chi connectivity index (χ1) is 14.2. The van der Waals surface area contributed by atoms with Crippen molar-refractivity contribution in [3.63, 3.8) is 0 Å². The molecule has 12 heteroatoms. The summed E-state index contributed by atoms with van der Waals surface area (Å²) in [5.74, 6) is -1.01. The molecule has 0 bridgehead atoms. The molecule has 0 saturated heterocycles. The Kier molecular flexibility index (Phi) is 5.95. The molecule has 1 heterocycles. The van der Waals surface area contributed by atoms with E-state index in [1.54, 1.807) is 0 Å². The van der Waals surface area contributed by atoms with Crippen molar-refractivity contribution in [3.05, 3.63) is 70.1 Å². The van der Waals surface area contributed by atoms with Crippen LogP contribution in [0.4, 0.5) is 18.9 Å². The molecule has 0 aliphatic carbocycles. The Morgan fingerprint density at radius 1 is 1.13 bits per heavy atom. The topological polar surface area (TPSA) is 118 Å². The van der Waals surface area contributed by atoms with Crippen LogP contribution in [0.1, 0.15) is 11.5 Å². The molecule has 0 radical (unpaired) electrons. The average Bonchev–Trinajstić information content (AvgIpc) is 3.19. The largest absolute Gasteiger partial charge is 0.475 e. The first kappa shape index (κ1) is 20.8. The van der Waals surface area contributed by atoms with E-state index >= 15 is 0 Å². The number of halogens is 3. The number of hydrogen-bond donors (Lipinski definition) is 0. The van der Waals surface area contributed by atoms with E-state index in [2.05, 4.69) is 10.1 Å². The lowest BCUT2D eigenvalue weighted by atomic mass is 10.1. The van der Waals surface area contributed by atoms with Crippen LogP contribution in [0, 0.1) is 10.1 Å². The van der Waals surface area contributed by atoms with Gasteiger partial charge in [0.15, 0.2) is 19.0 Å². The van der Waals surface area contributed by atoms with Gasteiger partial charge in [0.2, 0.25) is 5.82 Å². The van der Waals surface area contributed by atoms with Crippen LogP contribution in [0.2, 0.25) is 0 Å². The number of esters is 1. The minimum atomic E-state index is -4.46. The molecule has 0 saturated carbocycles. The Hall–Kier alpha value is -3.96. The third kappa shape index (κ3) is 5.10. The second-order valence-electron chi connectivity index (χ2n) is 5.76. The minimum Gasteiger partial charge on any atom is -0.475 e. The summed E-state index contributed by atoms with van der Waals surface area (Å²) in [6, 6.07) is 9.65. The molecule has 0 atom stereocenters. The highest BCUT2D eigenvalue weighted by Gasteiger charge is 2.30. The van der Waals surface area contributed by atoms with Gasteiger partial charge in [-0.15, -0.1) is 0 Å². The number of para-hydroxylation sites is 2. The number of carbonyl (C=O) groups is 1. The number of nitrogens with zero attached hydrogens (tertiary/aromatic N) is 3.